The fourth-order valence-electron chi connectivity index (χ4n) is 1.88. The molecule has 0 heterocycles. The summed E-state index contributed by atoms with van der Waals surface area (Å²) in [5.74, 6) is 0.820. The van der Waals surface area contributed by atoms with Crippen LogP contribution >= 0.6 is 0 Å². The van der Waals surface area contributed by atoms with Gasteiger partial charge in [0, 0.05) is 12.2 Å². The summed E-state index contributed by atoms with van der Waals surface area (Å²) in [6.45, 7) is 2.25. The minimum absolute atomic E-state index is 0.448. The molecule has 0 saturated heterocycles. The molecular formula is C16H19NO2. The number of methoxy groups -OCH3 is 1. The molecule has 2 aromatic rings. The molecule has 3 heteroatoms. The van der Waals surface area contributed by atoms with E-state index in [0.29, 0.717) is 6.54 Å². The lowest BCUT2D eigenvalue weighted by atomic mass is 9.96. The lowest BCUT2D eigenvalue weighted by Gasteiger charge is -2.24. The Bertz CT molecular complexity index is 506. The van der Waals surface area contributed by atoms with E-state index in [1.165, 1.54) is 0 Å². The van der Waals surface area contributed by atoms with Crippen molar-refractivity contribution in [3.8, 4) is 5.75 Å². The monoisotopic (exact) mass is 257 g/mol. The van der Waals surface area contributed by atoms with E-state index in [-0.39, 0.29) is 0 Å². The van der Waals surface area contributed by atoms with Crippen LogP contribution in [-0.2, 0) is 5.60 Å². The van der Waals surface area contributed by atoms with Gasteiger partial charge in [0.2, 0.25) is 0 Å². The third-order valence-electron chi connectivity index (χ3n) is 3.12. The molecule has 1 unspecified atom stereocenters. The second-order valence-electron chi connectivity index (χ2n) is 4.72. The predicted octanol–water partition coefficient (Wildman–Crippen LogP) is 3.01. The highest BCUT2D eigenvalue weighted by molar-refractivity contribution is 5.46. The van der Waals surface area contributed by atoms with Crippen LogP contribution in [0.3, 0.4) is 0 Å². The van der Waals surface area contributed by atoms with Crippen LogP contribution in [0.5, 0.6) is 5.75 Å². The number of aliphatic hydroxyl groups is 1. The summed E-state index contributed by atoms with van der Waals surface area (Å²) in [6, 6.07) is 17.3. The second-order valence-corrected chi connectivity index (χ2v) is 4.72. The van der Waals surface area contributed by atoms with Crippen LogP contribution in [0.2, 0.25) is 0 Å². The molecule has 0 aromatic heterocycles. The zero-order valence-corrected chi connectivity index (χ0v) is 11.3. The van der Waals surface area contributed by atoms with Gasteiger partial charge >= 0.3 is 0 Å². The summed E-state index contributed by atoms with van der Waals surface area (Å²) in [4.78, 5) is 0. The van der Waals surface area contributed by atoms with Gasteiger partial charge in [0.1, 0.15) is 11.4 Å². The quantitative estimate of drug-likeness (QED) is 0.865. The normalized spacial score (nSPS) is 13.6. The highest BCUT2D eigenvalue weighted by Crippen LogP contribution is 2.22. The topological polar surface area (TPSA) is 41.5 Å². The summed E-state index contributed by atoms with van der Waals surface area (Å²) in [7, 11) is 1.64. The van der Waals surface area contributed by atoms with Gasteiger partial charge in [0.25, 0.3) is 0 Å². The first-order valence-corrected chi connectivity index (χ1v) is 6.28. The number of nitrogens with one attached hydrogen (secondary N) is 1. The number of rotatable bonds is 5. The fraction of sp³-hybridized carbons (Fsp3) is 0.250. The van der Waals surface area contributed by atoms with E-state index >= 15 is 0 Å². The van der Waals surface area contributed by atoms with Gasteiger partial charge in [-0.25, -0.2) is 0 Å². The van der Waals surface area contributed by atoms with Crippen molar-refractivity contribution in [3.63, 3.8) is 0 Å². The maximum atomic E-state index is 10.5. The fourth-order valence-corrected chi connectivity index (χ4v) is 1.88. The molecule has 0 saturated carbocycles. The molecule has 2 aromatic carbocycles. The highest BCUT2D eigenvalue weighted by atomic mass is 16.5. The smallest absolute Gasteiger partial charge is 0.119 e. The molecule has 1 atom stereocenters. The number of hydrogen-bond donors (Lipinski definition) is 2. The maximum Gasteiger partial charge on any atom is 0.119 e. The van der Waals surface area contributed by atoms with Gasteiger partial charge in [-0.1, -0.05) is 30.3 Å². The predicted molar refractivity (Wildman–Crippen MR) is 77.5 cm³/mol. The molecule has 0 aliphatic rings. The van der Waals surface area contributed by atoms with E-state index < -0.39 is 5.60 Å². The van der Waals surface area contributed by atoms with E-state index in [4.69, 9.17) is 4.74 Å². The van der Waals surface area contributed by atoms with Gasteiger partial charge in [-0.15, -0.1) is 0 Å². The average Bonchev–Trinajstić information content (AvgIpc) is 2.47. The first-order valence-electron chi connectivity index (χ1n) is 6.28. The summed E-state index contributed by atoms with van der Waals surface area (Å²) in [5, 5.41) is 13.7. The molecule has 0 aliphatic carbocycles. The van der Waals surface area contributed by atoms with Gasteiger partial charge in [-0.2, -0.15) is 0 Å². The molecule has 0 bridgehead atoms. The van der Waals surface area contributed by atoms with Gasteiger partial charge in [-0.3, -0.25) is 0 Å². The zero-order valence-electron chi connectivity index (χ0n) is 11.3. The van der Waals surface area contributed by atoms with E-state index in [2.05, 4.69) is 5.32 Å². The number of benzene rings is 2. The average molecular weight is 257 g/mol. The Balaban J connectivity index is 2.01. The highest BCUT2D eigenvalue weighted by Gasteiger charge is 2.22. The summed E-state index contributed by atoms with van der Waals surface area (Å²) in [5.41, 5.74) is 0.953. The lowest BCUT2D eigenvalue weighted by Crippen LogP contribution is -2.30. The Kier molecular flexibility index (Phi) is 4.07. The summed E-state index contributed by atoms with van der Waals surface area (Å²) >= 11 is 0. The summed E-state index contributed by atoms with van der Waals surface area (Å²) in [6.07, 6.45) is 0. The van der Waals surface area contributed by atoms with Crippen molar-refractivity contribution in [3.05, 3.63) is 60.2 Å². The van der Waals surface area contributed by atoms with E-state index in [9.17, 15) is 5.11 Å². The first-order chi connectivity index (χ1) is 9.12. The SMILES string of the molecule is COc1ccc(NCC(C)(O)c2ccccc2)cc1. The van der Waals surface area contributed by atoms with E-state index in [1.54, 1.807) is 14.0 Å². The Hall–Kier alpha value is -2.00. The molecule has 19 heavy (non-hydrogen) atoms. The number of ether oxygens (including phenoxy) is 1. The Labute approximate surface area is 113 Å². The minimum Gasteiger partial charge on any atom is -0.497 e. The van der Waals surface area contributed by atoms with Crippen LogP contribution in [0, 0.1) is 0 Å². The molecule has 2 N–H and O–H groups in total. The van der Waals surface area contributed by atoms with Gasteiger partial charge in [-0.05, 0) is 36.8 Å². The van der Waals surface area contributed by atoms with Crippen molar-refractivity contribution >= 4 is 5.69 Å². The number of anilines is 1. The molecule has 0 amide bonds. The second kappa shape index (κ2) is 5.76. The van der Waals surface area contributed by atoms with Gasteiger partial charge in [0.05, 0.1) is 7.11 Å². The number of hydrogen-bond acceptors (Lipinski definition) is 3. The maximum absolute atomic E-state index is 10.5. The van der Waals surface area contributed by atoms with Crippen molar-refractivity contribution in [1.29, 1.82) is 0 Å². The van der Waals surface area contributed by atoms with Crippen molar-refractivity contribution in [2.75, 3.05) is 19.0 Å². The molecule has 0 aliphatic heterocycles. The first kappa shape index (κ1) is 13.4. The van der Waals surface area contributed by atoms with Crippen molar-refractivity contribution in [2.45, 2.75) is 12.5 Å². The molecular weight excluding hydrogens is 238 g/mol. The van der Waals surface area contributed by atoms with E-state index in [1.807, 2.05) is 54.6 Å². The Morgan fingerprint density at radius 2 is 1.68 bits per heavy atom. The van der Waals surface area contributed by atoms with E-state index in [0.717, 1.165) is 17.0 Å². The largest absolute Gasteiger partial charge is 0.497 e. The molecule has 3 nitrogen and oxygen atoms in total. The minimum atomic E-state index is -0.902. The Morgan fingerprint density at radius 3 is 2.26 bits per heavy atom. The molecule has 0 fully saturated rings. The molecule has 0 spiro atoms. The molecule has 0 radical (unpaired) electrons. The standard InChI is InChI=1S/C16H19NO2/c1-16(18,13-6-4-3-5-7-13)12-17-14-8-10-15(19-2)11-9-14/h3-11,17-18H,12H2,1-2H3. The van der Waals surface area contributed by atoms with Crippen LogP contribution in [0.4, 0.5) is 5.69 Å². The van der Waals surface area contributed by atoms with Crippen molar-refractivity contribution < 1.29 is 9.84 Å². The molecule has 2 rings (SSSR count). The van der Waals surface area contributed by atoms with Crippen LogP contribution in [-0.4, -0.2) is 18.8 Å². The lowest BCUT2D eigenvalue weighted by molar-refractivity contribution is 0.0715. The third kappa shape index (κ3) is 3.48. The molecule has 100 valence electrons. The van der Waals surface area contributed by atoms with Crippen LogP contribution in [0.25, 0.3) is 0 Å². The van der Waals surface area contributed by atoms with Gasteiger partial charge in [0.15, 0.2) is 0 Å². The summed E-state index contributed by atoms with van der Waals surface area (Å²) < 4.78 is 5.11. The van der Waals surface area contributed by atoms with Crippen molar-refractivity contribution in [1.82, 2.24) is 0 Å². The Morgan fingerprint density at radius 1 is 1.05 bits per heavy atom. The van der Waals surface area contributed by atoms with Crippen LogP contribution in [0.15, 0.2) is 54.6 Å². The third-order valence-corrected chi connectivity index (χ3v) is 3.12. The van der Waals surface area contributed by atoms with Crippen molar-refractivity contribution in [2.24, 2.45) is 0 Å². The zero-order chi connectivity index (χ0) is 13.7. The van der Waals surface area contributed by atoms with Gasteiger partial charge < -0.3 is 15.2 Å². The van der Waals surface area contributed by atoms with Crippen LogP contribution in [0.1, 0.15) is 12.5 Å². The van der Waals surface area contributed by atoms with Crippen LogP contribution < -0.4 is 10.1 Å².